The van der Waals surface area contributed by atoms with Crippen LogP contribution in [0, 0.1) is 5.41 Å². The molecule has 3 N–H and O–H groups in total. The summed E-state index contributed by atoms with van der Waals surface area (Å²) in [6, 6.07) is 6.88. The molecule has 2 rings (SSSR count). The van der Waals surface area contributed by atoms with E-state index in [1.807, 2.05) is 13.8 Å². The molecule has 1 fully saturated rings. The standard InChI is InChI=1S/C20H25N3O3/c1-14(2)10-18(25)23-17-7-5-6-15(11-17)20(21)16(13-24)12-22-19-8-3-4-9-26-19/h5-7,10-13,19,21-22H,3-4,8-9H2,1-2H3,(H,23,25)/b16-12-,21-20?. The van der Waals surface area contributed by atoms with Crippen molar-refractivity contribution in [1.29, 1.82) is 5.41 Å². The van der Waals surface area contributed by atoms with Gasteiger partial charge in [0.25, 0.3) is 0 Å². The third kappa shape index (κ3) is 5.97. The molecule has 1 unspecified atom stereocenters. The van der Waals surface area contributed by atoms with Gasteiger partial charge in [-0.25, -0.2) is 0 Å². The fraction of sp³-hybridized carbons (Fsp3) is 0.350. The van der Waals surface area contributed by atoms with Crippen LogP contribution in [0.25, 0.3) is 0 Å². The van der Waals surface area contributed by atoms with Crippen LogP contribution in [0.1, 0.15) is 38.7 Å². The highest BCUT2D eigenvalue weighted by atomic mass is 16.5. The van der Waals surface area contributed by atoms with Gasteiger partial charge in [-0.15, -0.1) is 0 Å². The van der Waals surface area contributed by atoms with Crippen LogP contribution in [0.5, 0.6) is 0 Å². The Morgan fingerprint density at radius 3 is 2.77 bits per heavy atom. The zero-order valence-electron chi connectivity index (χ0n) is 15.2. The second-order valence-corrected chi connectivity index (χ2v) is 6.41. The van der Waals surface area contributed by atoms with E-state index in [4.69, 9.17) is 10.1 Å². The Kier molecular flexibility index (Phi) is 7.29. The van der Waals surface area contributed by atoms with E-state index in [0.29, 0.717) is 24.1 Å². The molecule has 1 aliphatic rings. The summed E-state index contributed by atoms with van der Waals surface area (Å²) in [4.78, 5) is 23.2. The largest absolute Gasteiger partial charge is 0.365 e. The van der Waals surface area contributed by atoms with Gasteiger partial charge in [0.2, 0.25) is 5.91 Å². The van der Waals surface area contributed by atoms with E-state index in [0.717, 1.165) is 24.8 Å². The fourth-order valence-corrected chi connectivity index (χ4v) is 2.58. The number of aldehydes is 1. The Bertz CT molecular complexity index is 728. The topological polar surface area (TPSA) is 91.3 Å². The molecule has 1 aliphatic heterocycles. The summed E-state index contributed by atoms with van der Waals surface area (Å²) < 4.78 is 5.56. The highest BCUT2D eigenvalue weighted by Crippen LogP contribution is 2.15. The Morgan fingerprint density at radius 1 is 1.31 bits per heavy atom. The van der Waals surface area contributed by atoms with Gasteiger partial charge in [-0.3, -0.25) is 15.0 Å². The number of ether oxygens (including phenoxy) is 1. The van der Waals surface area contributed by atoms with Crippen molar-refractivity contribution < 1.29 is 14.3 Å². The predicted molar refractivity (Wildman–Crippen MR) is 102 cm³/mol. The van der Waals surface area contributed by atoms with E-state index >= 15 is 0 Å². The lowest BCUT2D eigenvalue weighted by molar-refractivity contribution is -0.112. The van der Waals surface area contributed by atoms with E-state index in [1.54, 1.807) is 24.3 Å². The molecule has 0 spiro atoms. The number of anilines is 1. The molecule has 6 nitrogen and oxygen atoms in total. The average Bonchev–Trinajstić information content (AvgIpc) is 2.62. The van der Waals surface area contributed by atoms with Crippen LogP contribution >= 0.6 is 0 Å². The number of amides is 1. The van der Waals surface area contributed by atoms with Gasteiger partial charge in [-0.2, -0.15) is 0 Å². The number of benzene rings is 1. The van der Waals surface area contributed by atoms with E-state index in [9.17, 15) is 9.59 Å². The number of carbonyl (C=O) groups excluding carboxylic acids is 2. The average molecular weight is 355 g/mol. The number of allylic oxidation sites excluding steroid dienone is 2. The van der Waals surface area contributed by atoms with E-state index in [1.165, 1.54) is 12.3 Å². The first kappa shape index (κ1) is 19.6. The SMILES string of the molecule is CC(C)=CC(=O)Nc1cccc(C(=N)/C(C=O)=C\NC2CCCCO2)c1. The molecule has 0 saturated carbocycles. The molecule has 0 aliphatic carbocycles. The van der Waals surface area contributed by atoms with Crippen LogP contribution in [0.4, 0.5) is 5.69 Å². The summed E-state index contributed by atoms with van der Waals surface area (Å²) in [5.74, 6) is -0.226. The van der Waals surface area contributed by atoms with Crippen molar-refractivity contribution in [3.8, 4) is 0 Å². The Hall–Kier alpha value is -2.73. The Morgan fingerprint density at radius 2 is 2.12 bits per heavy atom. The normalized spacial score (nSPS) is 17.2. The molecule has 1 aromatic rings. The van der Waals surface area contributed by atoms with E-state index in [2.05, 4.69) is 10.6 Å². The molecule has 6 heteroatoms. The van der Waals surface area contributed by atoms with Crippen molar-refractivity contribution in [3.05, 3.63) is 53.3 Å². The molecule has 138 valence electrons. The van der Waals surface area contributed by atoms with Gasteiger partial charge in [-0.05, 0) is 45.2 Å². The molecule has 1 heterocycles. The third-order valence-corrected chi connectivity index (χ3v) is 3.86. The van der Waals surface area contributed by atoms with Gasteiger partial charge in [-0.1, -0.05) is 17.7 Å². The summed E-state index contributed by atoms with van der Waals surface area (Å²) >= 11 is 0. The van der Waals surface area contributed by atoms with Crippen molar-refractivity contribution in [3.63, 3.8) is 0 Å². The van der Waals surface area contributed by atoms with Gasteiger partial charge in [0.1, 0.15) is 6.23 Å². The smallest absolute Gasteiger partial charge is 0.248 e. The predicted octanol–water partition coefficient (Wildman–Crippen LogP) is 3.16. The Labute approximate surface area is 153 Å². The molecule has 0 aromatic heterocycles. The lowest BCUT2D eigenvalue weighted by Crippen LogP contribution is -2.31. The van der Waals surface area contributed by atoms with Gasteiger partial charge >= 0.3 is 0 Å². The lowest BCUT2D eigenvalue weighted by atomic mass is 10.0. The molecule has 1 aromatic carbocycles. The third-order valence-electron chi connectivity index (χ3n) is 3.86. The minimum absolute atomic E-state index is 0.0848. The van der Waals surface area contributed by atoms with Gasteiger partial charge in [0, 0.05) is 30.1 Å². The Balaban J connectivity index is 2.08. The maximum absolute atomic E-state index is 11.8. The van der Waals surface area contributed by atoms with Gasteiger partial charge in [0.05, 0.1) is 11.3 Å². The van der Waals surface area contributed by atoms with Crippen molar-refractivity contribution >= 4 is 23.6 Å². The zero-order chi connectivity index (χ0) is 18.9. The second-order valence-electron chi connectivity index (χ2n) is 6.41. The summed E-state index contributed by atoms with van der Waals surface area (Å²) in [5.41, 5.74) is 2.33. The molecule has 0 radical (unpaired) electrons. The molecular weight excluding hydrogens is 330 g/mol. The van der Waals surface area contributed by atoms with Crippen LogP contribution < -0.4 is 10.6 Å². The fourth-order valence-electron chi connectivity index (χ4n) is 2.58. The highest BCUT2D eigenvalue weighted by Gasteiger charge is 2.13. The minimum Gasteiger partial charge on any atom is -0.365 e. The van der Waals surface area contributed by atoms with E-state index < -0.39 is 0 Å². The molecule has 1 atom stereocenters. The first-order valence-corrected chi connectivity index (χ1v) is 8.68. The minimum atomic E-state index is -0.226. The van der Waals surface area contributed by atoms with Crippen LogP contribution in [0.2, 0.25) is 0 Å². The molecule has 26 heavy (non-hydrogen) atoms. The lowest BCUT2D eigenvalue weighted by Gasteiger charge is -2.22. The van der Waals surface area contributed by atoms with Crippen molar-refractivity contribution in [2.24, 2.45) is 0 Å². The quantitative estimate of drug-likeness (QED) is 0.398. The first-order valence-electron chi connectivity index (χ1n) is 8.68. The van der Waals surface area contributed by atoms with Crippen molar-refractivity contribution in [2.75, 3.05) is 11.9 Å². The molecular formula is C20H25N3O3. The summed E-state index contributed by atoms with van der Waals surface area (Å²) in [6.07, 6.45) is 6.55. The maximum atomic E-state index is 11.8. The number of nitrogens with one attached hydrogen (secondary N) is 3. The van der Waals surface area contributed by atoms with Gasteiger partial charge in [0.15, 0.2) is 6.29 Å². The number of hydrogen-bond donors (Lipinski definition) is 3. The van der Waals surface area contributed by atoms with Crippen LogP contribution in [-0.2, 0) is 14.3 Å². The van der Waals surface area contributed by atoms with Gasteiger partial charge < -0.3 is 15.4 Å². The van der Waals surface area contributed by atoms with Crippen molar-refractivity contribution in [1.82, 2.24) is 5.32 Å². The monoisotopic (exact) mass is 355 g/mol. The summed E-state index contributed by atoms with van der Waals surface area (Å²) in [5, 5.41) is 14.1. The van der Waals surface area contributed by atoms with Crippen molar-refractivity contribution in [2.45, 2.75) is 39.3 Å². The van der Waals surface area contributed by atoms with Crippen LogP contribution in [0.3, 0.4) is 0 Å². The zero-order valence-corrected chi connectivity index (χ0v) is 15.2. The molecule has 1 saturated heterocycles. The molecule has 1 amide bonds. The highest BCUT2D eigenvalue weighted by molar-refractivity contribution is 6.21. The number of rotatable bonds is 7. The molecule has 0 bridgehead atoms. The van der Waals surface area contributed by atoms with Crippen LogP contribution in [-0.4, -0.2) is 30.7 Å². The van der Waals surface area contributed by atoms with E-state index in [-0.39, 0.29) is 23.4 Å². The second kappa shape index (κ2) is 9.68. The summed E-state index contributed by atoms with van der Waals surface area (Å²) in [7, 11) is 0. The maximum Gasteiger partial charge on any atom is 0.248 e. The number of hydrogen-bond acceptors (Lipinski definition) is 5. The summed E-state index contributed by atoms with van der Waals surface area (Å²) in [6.45, 7) is 4.39. The van der Waals surface area contributed by atoms with Crippen LogP contribution in [0.15, 0.2) is 47.7 Å². The number of carbonyl (C=O) groups is 2. The first-order chi connectivity index (χ1) is 12.5.